The van der Waals surface area contributed by atoms with Crippen LogP contribution in [-0.4, -0.2) is 5.66 Å². The summed E-state index contributed by atoms with van der Waals surface area (Å²) in [6, 6.07) is 33.3. The molecule has 0 bridgehead atoms. The Morgan fingerprint density at radius 2 is 0.917 bits per heavy atom. The van der Waals surface area contributed by atoms with Gasteiger partial charge in [0.15, 0.2) is 0 Å². The monoisotopic (exact) mass is 446 g/mol. The molecule has 1 unspecified atom stereocenters. The molecule has 0 radical (unpaired) electrons. The average Bonchev–Trinajstić information content (AvgIpc) is 2.65. The first-order valence-electron chi connectivity index (χ1n) is 8.35. The molecule has 3 rings (SSSR count). The Labute approximate surface area is 163 Å². The first kappa shape index (κ1) is 19.1. The summed E-state index contributed by atoms with van der Waals surface area (Å²) in [6.45, 7) is 4.73. The minimum absolute atomic E-state index is 0. The first-order chi connectivity index (χ1) is 11.3. The van der Waals surface area contributed by atoms with Crippen molar-refractivity contribution >= 4 is 23.2 Å². The Hall–Kier alpha value is -1.18. The standard InChI is InChI=1S/C22H24P.HI/c1-3-19(2)23(20-13-7-4-8-14-20,21-15-9-5-10-16-21)22-17-11-6-12-18-22;/h4-19H,3H2,1-2H3;1H/q+1;/p-1. The lowest BCUT2D eigenvalue weighted by molar-refractivity contribution is -0.00000457. The van der Waals surface area contributed by atoms with Crippen LogP contribution in [0.4, 0.5) is 0 Å². The zero-order valence-electron chi connectivity index (χ0n) is 14.3. The topological polar surface area (TPSA) is 0 Å². The fraction of sp³-hybridized carbons (Fsp3) is 0.182. The summed E-state index contributed by atoms with van der Waals surface area (Å²) in [6.07, 6.45) is 1.17. The maximum Gasteiger partial charge on any atom is 0.114 e. The van der Waals surface area contributed by atoms with Crippen LogP contribution in [0.5, 0.6) is 0 Å². The van der Waals surface area contributed by atoms with Gasteiger partial charge in [-0.25, -0.2) is 0 Å². The van der Waals surface area contributed by atoms with Crippen LogP contribution in [0.3, 0.4) is 0 Å². The summed E-state index contributed by atoms with van der Waals surface area (Å²) < 4.78 is 0. The van der Waals surface area contributed by atoms with Gasteiger partial charge < -0.3 is 24.0 Å². The third kappa shape index (κ3) is 3.43. The number of hydrogen-bond donors (Lipinski definition) is 0. The fourth-order valence-corrected chi connectivity index (χ4v) is 8.37. The first-order valence-corrected chi connectivity index (χ1v) is 10.2. The van der Waals surface area contributed by atoms with E-state index in [0.29, 0.717) is 5.66 Å². The van der Waals surface area contributed by atoms with Crippen molar-refractivity contribution in [3.05, 3.63) is 91.0 Å². The van der Waals surface area contributed by atoms with E-state index in [1.165, 1.54) is 22.3 Å². The molecule has 0 N–H and O–H groups in total. The fourth-order valence-electron chi connectivity index (χ4n) is 3.47. The zero-order valence-corrected chi connectivity index (χ0v) is 17.3. The van der Waals surface area contributed by atoms with Gasteiger partial charge in [0.05, 0.1) is 5.66 Å². The third-order valence-electron chi connectivity index (χ3n) is 4.74. The van der Waals surface area contributed by atoms with Crippen molar-refractivity contribution in [1.82, 2.24) is 0 Å². The molecule has 0 aliphatic rings. The summed E-state index contributed by atoms with van der Waals surface area (Å²) in [5.41, 5.74) is 0.606. The van der Waals surface area contributed by atoms with Gasteiger partial charge in [0.25, 0.3) is 0 Å². The Kier molecular flexibility index (Phi) is 7.01. The van der Waals surface area contributed by atoms with E-state index in [1.807, 2.05) is 0 Å². The molecule has 0 saturated heterocycles. The van der Waals surface area contributed by atoms with E-state index in [2.05, 4.69) is 105 Å². The van der Waals surface area contributed by atoms with Crippen molar-refractivity contribution in [2.24, 2.45) is 0 Å². The highest BCUT2D eigenvalue weighted by Gasteiger charge is 2.49. The van der Waals surface area contributed by atoms with E-state index in [0.717, 1.165) is 0 Å². The highest BCUT2D eigenvalue weighted by atomic mass is 127. The molecule has 124 valence electrons. The molecule has 0 aliphatic heterocycles. The minimum Gasteiger partial charge on any atom is -1.00 e. The lowest BCUT2D eigenvalue weighted by atomic mass is 10.3. The smallest absolute Gasteiger partial charge is 0.114 e. The largest absolute Gasteiger partial charge is 1.00 e. The number of hydrogen-bond acceptors (Lipinski definition) is 0. The van der Waals surface area contributed by atoms with Crippen molar-refractivity contribution in [2.75, 3.05) is 0 Å². The van der Waals surface area contributed by atoms with Gasteiger partial charge in [0.2, 0.25) is 0 Å². The lowest BCUT2D eigenvalue weighted by Crippen LogP contribution is -3.00. The molecular weight excluding hydrogens is 422 g/mol. The normalized spacial score (nSPS) is 12.2. The molecule has 1 atom stereocenters. The Bertz CT molecular complexity index is 629. The van der Waals surface area contributed by atoms with Crippen LogP contribution in [0.1, 0.15) is 20.3 Å². The molecule has 0 heterocycles. The van der Waals surface area contributed by atoms with Crippen LogP contribution in [-0.2, 0) is 0 Å². The summed E-state index contributed by atoms with van der Waals surface area (Å²) in [7, 11) is -1.64. The molecule has 0 aromatic heterocycles. The predicted molar refractivity (Wildman–Crippen MR) is 105 cm³/mol. The van der Waals surface area contributed by atoms with Gasteiger partial charge in [0, 0.05) is 0 Å². The molecule has 24 heavy (non-hydrogen) atoms. The van der Waals surface area contributed by atoms with Crippen LogP contribution in [0.15, 0.2) is 91.0 Å². The van der Waals surface area contributed by atoms with E-state index in [4.69, 9.17) is 0 Å². The van der Waals surface area contributed by atoms with Gasteiger partial charge >= 0.3 is 0 Å². The van der Waals surface area contributed by atoms with Crippen molar-refractivity contribution in [3.8, 4) is 0 Å². The van der Waals surface area contributed by atoms with Crippen LogP contribution < -0.4 is 39.9 Å². The van der Waals surface area contributed by atoms with Gasteiger partial charge in [-0.2, -0.15) is 0 Å². The average molecular weight is 446 g/mol. The second-order valence-corrected chi connectivity index (χ2v) is 9.86. The highest BCUT2D eigenvalue weighted by molar-refractivity contribution is 7.96. The second-order valence-electron chi connectivity index (χ2n) is 5.99. The van der Waals surface area contributed by atoms with E-state index in [-0.39, 0.29) is 24.0 Å². The number of halogens is 1. The van der Waals surface area contributed by atoms with Crippen LogP contribution in [0.25, 0.3) is 0 Å². The quantitative estimate of drug-likeness (QED) is 0.414. The van der Waals surface area contributed by atoms with Gasteiger partial charge in [-0.1, -0.05) is 61.5 Å². The molecule has 3 aromatic rings. The van der Waals surface area contributed by atoms with Crippen LogP contribution >= 0.6 is 7.26 Å². The van der Waals surface area contributed by atoms with Crippen molar-refractivity contribution in [2.45, 2.75) is 25.9 Å². The SMILES string of the molecule is CCC(C)[P+](c1ccccc1)(c1ccccc1)c1ccccc1.[I-]. The Morgan fingerprint density at radius 1 is 0.625 bits per heavy atom. The number of rotatable bonds is 5. The maximum absolute atomic E-state index is 2.42. The van der Waals surface area contributed by atoms with Gasteiger partial charge in [-0.05, 0) is 49.7 Å². The molecular formula is C22H24IP. The van der Waals surface area contributed by atoms with Crippen molar-refractivity contribution in [1.29, 1.82) is 0 Å². The van der Waals surface area contributed by atoms with Crippen LogP contribution in [0, 0.1) is 0 Å². The molecule has 0 amide bonds. The molecule has 0 aliphatic carbocycles. The molecule has 0 saturated carbocycles. The summed E-state index contributed by atoms with van der Waals surface area (Å²) in [5, 5.41) is 4.44. The van der Waals surface area contributed by atoms with Crippen molar-refractivity contribution < 1.29 is 24.0 Å². The summed E-state index contributed by atoms with van der Waals surface area (Å²) in [4.78, 5) is 0. The molecule has 0 spiro atoms. The molecule has 0 nitrogen and oxygen atoms in total. The Morgan fingerprint density at radius 3 is 1.17 bits per heavy atom. The summed E-state index contributed by atoms with van der Waals surface area (Å²) >= 11 is 0. The van der Waals surface area contributed by atoms with E-state index < -0.39 is 7.26 Å². The highest BCUT2D eigenvalue weighted by Crippen LogP contribution is 2.60. The maximum atomic E-state index is 2.42. The van der Waals surface area contributed by atoms with Gasteiger partial charge in [-0.15, -0.1) is 0 Å². The molecule has 2 heteroatoms. The second kappa shape index (κ2) is 8.78. The van der Waals surface area contributed by atoms with E-state index >= 15 is 0 Å². The van der Waals surface area contributed by atoms with Gasteiger partial charge in [0.1, 0.15) is 23.2 Å². The molecule has 0 fully saturated rings. The van der Waals surface area contributed by atoms with E-state index in [9.17, 15) is 0 Å². The van der Waals surface area contributed by atoms with Gasteiger partial charge in [-0.3, -0.25) is 0 Å². The van der Waals surface area contributed by atoms with Crippen LogP contribution in [0.2, 0.25) is 0 Å². The predicted octanol–water partition coefficient (Wildman–Crippen LogP) is 1.78. The zero-order chi connectivity index (χ0) is 16.1. The minimum atomic E-state index is -1.64. The molecule has 3 aromatic carbocycles. The lowest BCUT2D eigenvalue weighted by Gasteiger charge is -2.32. The number of benzene rings is 3. The third-order valence-corrected chi connectivity index (χ3v) is 9.77. The van der Waals surface area contributed by atoms with Crippen molar-refractivity contribution in [3.63, 3.8) is 0 Å². The van der Waals surface area contributed by atoms with E-state index in [1.54, 1.807) is 0 Å². The Balaban J connectivity index is 0.00000208. The summed E-state index contributed by atoms with van der Waals surface area (Å²) in [5.74, 6) is 0.